The molecule has 2 aromatic rings. The number of benzene rings is 1. The molecule has 26 heavy (non-hydrogen) atoms. The summed E-state index contributed by atoms with van der Waals surface area (Å²) in [6.07, 6.45) is 0. The first-order chi connectivity index (χ1) is 12.2. The van der Waals surface area contributed by atoms with Gasteiger partial charge < -0.3 is 9.32 Å². The Balaban J connectivity index is 1.76. The maximum Gasteiger partial charge on any atom is 0.257 e. The lowest BCUT2D eigenvalue weighted by molar-refractivity contribution is 0.0696. The number of halogens is 2. The number of hydrogen-bond acceptors (Lipinski definition) is 4. The number of furan rings is 1. The molecule has 1 aromatic carbocycles. The second-order valence-electron chi connectivity index (χ2n) is 6.07. The van der Waals surface area contributed by atoms with E-state index in [9.17, 15) is 13.2 Å². The third kappa shape index (κ3) is 3.49. The normalized spacial score (nSPS) is 16.1. The number of nitrogens with zero attached hydrogens (tertiary/aromatic N) is 2. The van der Waals surface area contributed by atoms with Gasteiger partial charge in [0.2, 0.25) is 10.0 Å². The lowest BCUT2D eigenvalue weighted by Crippen LogP contribution is -2.50. The fourth-order valence-electron chi connectivity index (χ4n) is 3.00. The molecule has 1 aliphatic heterocycles. The van der Waals surface area contributed by atoms with Gasteiger partial charge in [0, 0.05) is 26.2 Å². The van der Waals surface area contributed by atoms with Crippen LogP contribution in [-0.2, 0) is 10.0 Å². The second-order valence-corrected chi connectivity index (χ2v) is 8.76. The Morgan fingerprint density at radius 1 is 1.08 bits per heavy atom. The zero-order chi connectivity index (χ0) is 19.1. The summed E-state index contributed by atoms with van der Waals surface area (Å²) >= 11 is 12.1. The maximum atomic E-state index is 12.9. The van der Waals surface area contributed by atoms with Gasteiger partial charge in [-0.05, 0) is 32.0 Å². The fourth-order valence-corrected chi connectivity index (χ4v) is 5.52. The largest absolute Gasteiger partial charge is 0.466 e. The summed E-state index contributed by atoms with van der Waals surface area (Å²) < 4.78 is 32.4. The molecular formula is C17H18Cl2N2O4S. The van der Waals surface area contributed by atoms with Crippen LogP contribution in [0, 0.1) is 13.8 Å². The summed E-state index contributed by atoms with van der Waals surface area (Å²) in [6, 6.07) is 6.27. The summed E-state index contributed by atoms with van der Waals surface area (Å²) in [6.45, 7) is 4.42. The van der Waals surface area contributed by atoms with E-state index in [1.54, 1.807) is 30.9 Å². The summed E-state index contributed by atoms with van der Waals surface area (Å²) in [4.78, 5) is 14.2. The van der Waals surface area contributed by atoms with Crippen molar-refractivity contribution in [1.29, 1.82) is 0 Å². The monoisotopic (exact) mass is 416 g/mol. The Kier molecular flexibility index (Phi) is 5.35. The van der Waals surface area contributed by atoms with Gasteiger partial charge in [-0.2, -0.15) is 4.31 Å². The number of carbonyl (C=O) groups excluding carboxylic acids is 1. The highest BCUT2D eigenvalue weighted by Crippen LogP contribution is 2.32. The molecule has 0 spiro atoms. The van der Waals surface area contributed by atoms with Crippen LogP contribution in [0.4, 0.5) is 0 Å². The predicted octanol–water partition coefficient (Wildman–Crippen LogP) is 3.35. The van der Waals surface area contributed by atoms with E-state index >= 15 is 0 Å². The molecule has 1 aliphatic rings. The molecule has 140 valence electrons. The van der Waals surface area contributed by atoms with Crippen LogP contribution < -0.4 is 0 Å². The van der Waals surface area contributed by atoms with Gasteiger partial charge in [0.15, 0.2) is 0 Å². The van der Waals surface area contributed by atoms with Crippen molar-refractivity contribution in [1.82, 2.24) is 9.21 Å². The third-order valence-corrected chi connectivity index (χ3v) is 7.17. The van der Waals surface area contributed by atoms with Crippen LogP contribution >= 0.6 is 23.2 Å². The molecule has 1 fully saturated rings. The van der Waals surface area contributed by atoms with Crippen molar-refractivity contribution >= 4 is 39.1 Å². The van der Waals surface area contributed by atoms with Gasteiger partial charge in [-0.25, -0.2) is 8.42 Å². The summed E-state index contributed by atoms with van der Waals surface area (Å²) in [5.41, 5.74) is 0.507. The minimum Gasteiger partial charge on any atom is -0.466 e. The molecule has 0 radical (unpaired) electrons. The van der Waals surface area contributed by atoms with E-state index in [1.807, 2.05) is 0 Å². The molecule has 6 nitrogen and oxygen atoms in total. The highest BCUT2D eigenvalue weighted by molar-refractivity contribution is 7.89. The van der Waals surface area contributed by atoms with E-state index < -0.39 is 10.0 Å². The average Bonchev–Trinajstić information content (AvgIpc) is 2.92. The van der Waals surface area contributed by atoms with Crippen LogP contribution in [-0.4, -0.2) is 49.7 Å². The quantitative estimate of drug-likeness (QED) is 0.768. The first-order valence-corrected chi connectivity index (χ1v) is 10.2. The van der Waals surface area contributed by atoms with Crippen molar-refractivity contribution in [2.75, 3.05) is 26.2 Å². The number of piperazine rings is 1. The van der Waals surface area contributed by atoms with Gasteiger partial charge in [-0.15, -0.1) is 0 Å². The molecule has 1 saturated heterocycles. The molecule has 3 rings (SSSR count). The Hall–Kier alpha value is -1.54. The molecule has 0 unspecified atom stereocenters. The number of amides is 1. The smallest absolute Gasteiger partial charge is 0.257 e. The molecule has 9 heteroatoms. The molecule has 0 saturated carbocycles. The lowest BCUT2D eigenvalue weighted by Gasteiger charge is -2.34. The van der Waals surface area contributed by atoms with Gasteiger partial charge in [0.05, 0.1) is 15.6 Å². The third-order valence-electron chi connectivity index (χ3n) is 4.31. The average molecular weight is 417 g/mol. The van der Waals surface area contributed by atoms with Crippen LogP contribution in [0.25, 0.3) is 0 Å². The first kappa shape index (κ1) is 19.2. The number of carbonyl (C=O) groups is 1. The first-order valence-electron chi connectivity index (χ1n) is 8.02. The minimum absolute atomic E-state index is 0.0838. The molecule has 1 aromatic heterocycles. The zero-order valence-corrected chi connectivity index (χ0v) is 16.7. The summed E-state index contributed by atoms with van der Waals surface area (Å²) in [7, 11) is -3.83. The molecule has 1 amide bonds. The van der Waals surface area contributed by atoms with Crippen LogP contribution in [0.1, 0.15) is 21.9 Å². The van der Waals surface area contributed by atoms with E-state index in [0.717, 1.165) is 0 Å². The van der Waals surface area contributed by atoms with Gasteiger partial charge >= 0.3 is 0 Å². The number of hydrogen-bond donors (Lipinski definition) is 0. The summed E-state index contributed by atoms with van der Waals surface area (Å²) in [5.74, 6) is 1.07. The molecule has 2 heterocycles. The number of rotatable bonds is 3. The molecular weight excluding hydrogens is 399 g/mol. The van der Waals surface area contributed by atoms with E-state index in [4.69, 9.17) is 27.6 Å². The molecule has 0 N–H and O–H groups in total. The van der Waals surface area contributed by atoms with Crippen LogP contribution in [0.5, 0.6) is 0 Å². The van der Waals surface area contributed by atoms with Gasteiger partial charge in [-0.3, -0.25) is 4.79 Å². The zero-order valence-electron chi connectivity index (χ0n) is 14.3. The number of sulfonamides is 1. The number of aryl methyl sites for hydroxylation is 2. The topological polar surface area (TPSA) is 70.8 Å². The molecule has 0 atom stereocenters. The predicted molar refractivity (Wildman–Crippen MR) is 99.3 cm³/mol. The lowest BCUT2D eigenvalue weighted by atomic mass is 10.2. The Morgan fingerprint density at radius 3 is 2.15 bits per heavy atom. The maximum absolute atomic E-state index is 12.9. The Bertz CT molecular complexity index is 927. The molecule has 0 aliphatic carbocycles. The summed E-state index contributed by atoms with van der Waals surface area (Å²) in [5, 5.41) is 0.168. The Morgan fingerprint density at radius 2 is 1.65 bits per heavy atom. The van der Waals surface area contributed by atoms with Crippen molar-refractivity contribution in [3.05, 3.63) is 51.4 Å². The minimum atomic E-state index is -3.83. The van der Waals surface area contributed by atoms with Crippen molar-refractivity contribution in [3.63, 3.8) is 0 Å². The van der Waals surface area contributed by atoms with Gasteiger partial charge in [0.25, 0.3) is 5.91 Å². The second kappa shape index (κ2) is 7.23. The molecule has 0 bridgehead atoms. The van der Waals surface area contributed by atoms with Crippen LogP contribution in [0.15, 0.2) is 33.6 Å². The standard InChI is InChI=1S/C17H18Cl2N2O4S/c1-11-10-13(12(2)25-11)17(22)20-6-8-21(9-7-20)26(23,24)16-14(18)4-3-5-15(16)19/h3-5,10H,6-9H2,1-2H3. The van der Waals surface area contributed by atoms with E-state index in [2.05, 4.69) is 0 Å². The van der Waals surface area contributed by atoms with Crippen LogP contribution in [0.2, 0.25) is 10.0 Å². The van der Waals surface area contributed by atoms with Gasteiger partial charge in [0.1, 0.15) is 16.4 Å². The van der Waals surface area contributed by atoms with Crippen molar-refractivity contribution in [2.24, 2.45) is 0 Å². The SMILES string of the molecule is Cc1cc(C(=O)N2CCN(S(=O)(=O)c3c(Cl)cccc3Cl)CC2)c(C)o1. The van der Waals surface area contributed by atoms with Gasteiger partial charge in [-0.1, -0.05) is 29.3 Å². The van der Waals surface area contributed by atoms with E-state index in [-0.39, 0.29) is 47.0 Å². The fraction of sp³-hybridized carbons (Fsp3) is 0.353. The van der Waals surface area contributed by atoms with Crippen molar-refractivity contribution in [2.45, 2.75) is 18.7 Å². The van der Waals surface area contributed by atoms with E-state index in [1.165, 1.54) is 16.4 Å². The highest BCUT2D eigenvalue weighted by Gasteiger charge is 2.33. The van der Waals surface area contributed by atoms with Crippen LogP contribution in [0.3, 0.4) is 0 Å². The Labute approximate surface area is 162 Å². The van der Waals surface area contributed by atoms with E-state index in [0.29, 0.717) is 17.1 Å². The van der Waals surface area contributed by atoms with Crippen molar-refractivity contribution < 1.29 is 17.6 Å². The van der Waals surface area contributed by atoms with Crippen molar-refractivity contribution in [3.8, 4) is 0 Å². The highest BCUT2D eigenvalue weighted by atomic mass is 35.5.